The van der Waals surface area contributed by atoms with E-state index in [0.29, 0.717) is 27.9 Å². The lowest BCUT2D eigenvalue weighted by Gasteiger charge is -2.21. The highest BCUT2D eigenvalue weighted by molar-refractivity contribution is 6.14. The SMILES string of the molecule is Cc1cccc(-c2ccc3c(c2)c2cc(-c4cccc(C)c4)ccc2n3-c2ccc(C#N)cc2-c2cc(-c3ccc(C#N)cc3C(F)(F)F)ccc2-n2c3ccc(-c4cccc(C)c4)cc3c3cc(-c4cccc(C)c4)ccc32)c1. The molecule has 0 atom stereocenters. The van der Waals surface area contributed by atoms with Crippen molar-refractivity contribution >= 4 is 43.6 Å². The van der Waals surface area contributed by atoms with Gasteiger partial charge in [-0.2, -0.15) is 23.7 Å². The van der Waals surface area contributed by atoms with Crippen LogP contribution in [0, 0.1) is 50.4 Å². The van der Waals surface area contributed by atoms with Crippen LogP contribution < -0.4 is 0 Å². The molecule has 0 fully saturated rings. The van der Waals surface area contributed by atoms with Crippen LogP contribution in [-0.4, -0.2) is 9.13 Å². The molecule has 0 saturated carbocycles. The average Bonchev–Trinajstić information content (AvgIpc) is 4.00. The summed E-state index contributed by atoms with van der Waals surface area (Å²) in [5.41, 5.74) is 19.0. The lowest BCUT2D eigenvalue weighted by Crippen LogP contribution is -2.08. The summed E-state index contributed by atoms with van der Waals surface area (Å²) in [4.78, 5) is 0. The number of nitrogens with zero attached hydrogens (tertiary/aromatic N) is 4. The Bertz CT molecular complexity index is 4580. The minimum atomic E-state index is -4.78. The molecule has 0 aliphatic heterocycles. The van der Waals surface area contributed by atoms with Gasteiger partial charge in [0, 0.05) is 32.7 Å². The molecule has 0 saturated heterocycles. The van der Waals surface area contributed by atoms with Crippen LogP contribution in [0.2, 0.25) is 0 Å². The fourth-order valence-corrected chi connectivity index (χ4v) is 11.8. The number of aryl methyl sites for hydroxylation is 4. The number of halogens is 3. The fourth-order valence-electron chi connectivity index (χ4n) is 11.8. The molecule has 0 radical (unpaired) electrons. The molecule has 2 aromatic heterocycles. The van der Waals surface area contributed by atoms with Crippen LogP contribution >= 0.6 is 0 Å². The van der Waals surface area contributed by atoms with Gasteiger partial charge in [-0.1, -0.05) is 156 Å². The van der Waals surface area contributed by atoms with Gasteiger partial charge >= 0.3 is 6.18 Å². The number of hydrogen-bond donors (Lipinski definition) is 0. The molecule has 0 amide bonds. The van der Waals surface area contributed by atoms with Crippen molar-refractivity contribution in [1.82, 2.24) is 9.13 Å². The van der Waals surface area contributed by atoms with Gasteiger partial charge in [-0.15, -0.1) is 0 Å². The van der Waals surface area contributed by atoms with E-state index in [1.807, 2.05) is 36.4 Å². The summed E-state index contributed by atoms with van der Waals surface area (Å²) in [6.07, 6.45) is -4.78. The molecule has 0 N–H and O–H groups in total. The molecule has 13 rings (SSSR count). The number of alkyl halides is 3. The van der Waals surface area contributed by atoms with Crippen LogP contribution in [0.4, 0.5) is 13.2 Å². The fraction of sp³-hybridized carbons (Fsp3) is 0.0685. The Morgan fingerprint density at radius 2 is 0.637 bits per heavy atom. The minimum absolute atomic E-state index is 0.0701. The number of hydrogen-bond acceptors (Lipinski definition) is 2. The first-order chi connectivity index (χ1) is 38.8. The van der Waals surface area contributed by atoms with Crippen LogP contribution in [0.3, 0.4) is 0 Å². The number of nitriles is 2. The Kier molecular flexibility index (Phi) is 11.9. The maximum atomic E-state index is 15.3. The third-order valence-electron chi connectivity index (χ3n) is 15.6. The lowest BCUT2D eigenvalue weighted by atomic mass is 9.92. The van der Waals surface area contributed by atoms with Crippen molar-refractivity contribution < 1.29 is 13.2 Å². The maximum absolute atomic E-state index is 15.3. The number of aromatic nitrogens is 2. The highest BCUT2D eigenvalue weighted by Gasteiger charge is 2.34. The van der Waals surface area contributed by atoms with Crippen molar-refractivity contribution in [3.8, 4) is 90.3 Å². The first kappa shape index (κ1) is 49.4. The van der Waals surface area contributed by atoms with E-state index in [1.54, 1.807) is 6.07 Å². The van der Waals surface area contributed by atoms with E-state index in [4.69, 9.17) is 0 Å². The van der Waals surface area contributed by atoms with Gasteiger partial charge < -0.3 is 9.13 Å². The van der Waals surface area contributed by atoms with Crippen molar-refractivity contribution in [2.75, 3.05) is 0 Å². The number of benzene rings is 11. The number of rotatable bonds is 8. The van der Waals surface area contributed by atoms with Crippen molar-refractivity contribution in [2.24, 2.45) is 0 Å². The lowest BCUT2D eigenvalue weighted by molar-refractivity contribution is -0.137. The highest BCUT2D eigenvalue weighted by atomic mass is 19.4. The van der Waals surface area contributed by atoms with Crippen LogP contribution in [0.1, 0.15) is 38.9 Å². The molecule has 11 aromatic carbocycles. The van der Waals surface area contributed by atoms with Gasteiger partial charge in [0.2, 0.25) is 0 Å². The predicted octanol–water partition coefficient (Wildman–Crippen LogP) is 19.9. The second-order valence-corrected chi connectivity index (χ2v) is 21.0. The summed E-state index contributed by atoms with van der Waals surface area (Å²) < 4.78 is 50.3. The Balaban J connectivity index is 1.13. The van der Waals surface area contributed by atoms with E-state index < -0.39 is 11.7 Å². The first-order valence-electron chi connectivity index (χ1n) is 26.6. The molecule has 80 heavy (non-hydrogen) atoms. The molecule has 4 nitrogen and oxygen atoms in total. The normalized spacial score (nSPS) is 11.7. The topological polar surface area (TPSA) is 57.4 Å². The largest absolute Gasteiger partial charge is 0.417 e. The zero-order valence-corrected chi connectivity index (χ0v) is 44.3. The van der Waals surface area contributed by atoms with E-state index in [0.717, 1.165) is 122 Å². The van der Waals surface area contributed by atoms with E-state index in [-0.39, 0.29) is 11.1 Å². The first-order valence-corrected chi connectivity index (χ1v) is 26.6. The molecule has 7 heteroatoms. The Morgan fingerprint density at radius 3 is 1.00 bits per heavy atom. The summed E-state index contributed by atoms with van der Waals surface area (Å²) >= 11 is 0. The zero-order valence-electron chi connectivity index (χ0n) is 44.3. The van der Waals surface area contributed by atoms with Crippen molar-refractivity contribution in [3.63, 3.8) is 0 Å². The molecule has 0 aliphatic carbocycles. The molecule has 0 aliphatic rings. The molecular weight excluding hydrogens is 990 g/mol. The van der Waals surface area contributed by atoms with Crippen molar-refractivity contribution in [1.29, 1.82) is 10.5 Å². The quantitative estimate of drug-likeness (QED) is 0.152. The van der Waals surface area contributed by atoms with Gasteiger partial charge in [-0.3, -0.25) is 0 Å². The molecular formula is C73H49F3N4. The molecule has 382 valence electrons. The molecule has 13 aromatic rings. The minimum Gasteiger partial charge on any atom is -0.309 e. The van der Waals surface area contributed by atoms with Crippen LogP contribution in [0.5, 0.6) is 0 Å². The summed E-state index contributed by atoms with van der Waals surface area (Å²) in [6, 6.07) is 79.1. The van der Waals surface area contributed by atoms with Crippen molar-refractivity contribution in [3.05, 3.63) is 263 Å². The highest BCUT2D eigenvalue weighted by Crippen LogP contribution is 2.47. The van der Waals surface area contributed by atoms with Gasteiger partial charge in [0.15, 0.2) is 0 Å². The molecule has 0 bridgehead atoms. The van der Waals surface area contributed by atoms with Gasteiger partial charge in [-0.25, -0.2) is 0 Å². The summed E-state index contributed by atoms with van der Waals surface area (Å²) in [5.74, 6) is 0. The standard InChI is InChI=1S/C73H49F3N4/c1-44-9-5-13-50(31-44)54-19-26-68-61(37-54)62-38-55(51-14-6-10-45(2)32-51)20-27-69(62)79(68)67-25-18-48(42-77)35-60(67)65-41-58(59-24-17-49(43-78)36-66(59)73(74,75)76)23-30-72(65)80-70-28-21-56(52-15-7-11-46(3)33-52)39-63(70)64-40-57(22-29-71(64)80)53-16-8-12-47(4)34-53/h5-41H,1-4H3. The van der Waals surface area contributed by atoms with Crippen molar-refractivity contribution in [2.45, 2.75) is 33.9 Å². The second-order valence-electron chi connectivity index (χ2n) is 21.0. The molecule has 0 spiro atoms. The predicted molar refractivity (Wildman–Crippen MR) is 321 cm³/mol. The average molecular weight is 1040 g/mol. The van der Waals surface area contributed by atoms with Gasteiger partial charge in [0.25, 0.3) is 0 Å². The van der Waals surface area contributed by atoms with Gasteiger partial charge in [-0.05, 0) is 174 Å². The summed E-state index contributed by atoms with van der Waals surface area (Å²) in [6.45, 7) is 8.36. The monoisotopic (exact) mass is 1040 g/mol. The third-order valence-corrected chi connectivity index (χ3v) is 15.6. The number of fused-ring (bicyclic) bond motifs is 6. The van der Waals surface area contributed by atoms with E-state index in [1.165, 1.54) is 12.1 Å². The van der Waals surface area contributed by atoms with Gasteiger partial charge in [0.1, 0.15) is 0 Å². The second kappa shape index (κ2) is 19.4. The van der Waals surface area contributed by atoms with Crippen LogP contribution in [-0.2, 0) is 6.18 Å². The van der Waals surface area contributed by atoms with Crippen LogP contribution in [0.25, 0.3) is 122 Å². The Labute approximate surface area is 461 Å². The summed E-state index contributed by atoms with van der Waals surface area (Å²) in [7, 11) is 0. The third kappa shape index (κ3) is 8.67. The molecule has 0 unspecified atom stereocenters. The summed E-state index contributed by atoms with van der Waals surface area (Å²) in [5, 5.41) is 24.6. The maximum Gasteiger partial charge on any atom is 0.417 e. The van der Waals surface area contributed by atoms with E-state index in [9.17, 15) is 10.5 Å². The zero-order chi connectivity index (χ0) is 55.0. The van der Waals surface area contributed by atoms with Crippen LogP contribution in [0.15, 0.2) is 224 Å². The smallest absolute Gasteiger partial charge is 0.309 e. The van der Waals surface area contributed by atoms with E-state index in [2.05, 4.69) is 213 Å². The molecule has 2 heterocycles. The van der Waals surface area contributed by atoms with Gasteiger partial charge in [0.05, 0.1) is 62.3 Å². The Morgan fingerprint density at radius 1 is 0.312 bits per heavy atom. The Hall–Kier alpha value is -10.2. The van der Waals surface area contributed by atoms with E-state index >= 15 is 13.2 Å².